The van der Waals surface area contributed by atoms with Crippen LogP contribution in [0.5, 0.6) is 5.75 Å². The zero-order valence-electron chi connectivity index (χ0n) is 16.7. The van der Waals surface area contributed by atoms with Crippen LogP contribution in [-0.2, 0) is 12.8 Å². The van der Waals surface area contributed by atoms with Gasteiger partial charge in [-0.2, -0.15) is 13.2 Å². The van der Waals surface area contributed by atoms with Gasteiger partial charge in [0.05, 0.1) is 17.9 Å². The van der Waals surface area contributed by atoms with Crippen molar-refractivity contribution in [3.8, 4) is 5.75 Å². The van der Waals surface area contributed by atoms with E-state index in [0.717, 1.165) is 48.2 Å². The first-order valence-electron chi connectivity index (χ1n) is 10.2. The van der Waals surface area contributed by atoms with Gasteiger partial charge in [0.15, 0.2) is 0 Å². The maximum Gasteiger partial charge on any atom is 0.419 e. The highest BCUT2D eigenvalue weighted by Gasteiger charge is 2.39. The molecule has 31 heavy (non-hydrogen) atoms. The molecule has 3 fully saturated rings. The minimum Gasteiger partial charge on any atom is -0.487 e. The Morgan fingerprint density at radius 2 is 1.84 bits per heavy atom. The lowest BCUT2D eigenvalue weighted by atomic mass is 9.90. The minimum atomic E-state index is -4.75. The van der Waals surface area contributed by atoms with E-state index in [1.54, 1.807) is 6.07 Å². The quantitative estimate of drug-likeness (QED) is 0.574. The number of halogens is 5. The van der Waals surface area contributed by atoms with Gasteiger partial charge in [-0.15, -0.1) is 0 Å². The number of anilines is 1. The van der Waals surface area contributed by atoms with E-state index >= 15 is 0 Å². The van der Waals surface area contributed by atoms with Crippen molar-refractivity contribution in [3.05, 3.63) is 57.8 Å². The van der Waals surface area contributed by atoms with E-state index in [4.69, 9.17) is 4.74 Å². The number of fused-ring (bicyclic) bond motifs is 3. The SMILES string of the molecule is OCCN1CC2CCC1CN2c1cc(Br)ccc1OCc1ccc(F)c(C(F)(F)F)c1. The number of hydrogen-bond acceptors (Lipinski definition) is 4. The molecular formula is C22H23BrF4N2O2. The summed E-state index contributed by atoms with van der Waals surface area (Å²) < 4.78 is 59.4. The molecule has 2 atom stereocenters. The molecule has 2 aromatic carbocycles. The van der Waals surface area contributed by atoms with E-state index in [9.17, 15) is 22.7 Å². The van der Waals surface area contributed by atoms with Crippen LogP contribution in [-0.4, -0.2) is 48.3 Å². The summed E-state index contributed by atoms with van der Waals surface area (Å²) in [4.78, 5) is 4.59. The largest absolute Gasteiger partial charge is 0.487 e. The highest BCUT2D eigenvalue weighted by molar-refractivity contribution is 9.10. The summed E-state index contributed by atoms with van der Waals surface area (Å²) in [5.41, 5.74) is -0.162. The third-order valence-electron chi connectivity index (χ3n) is 5.99. The van der Waals surface area contributed by atoms with Gasteiger partial charge < -0.3 is 14.7 Å². The van der Waals surface area contributed by atoms with Gasteiger partial charge in [-0.05, 0) is 48.7 Å². The van der Waals surface area contributed by atoms with Crippen LogP contribution in [0.15, 0.2) is 40.9 Å². The average molecular weight is 503 g/mol. The van der Waals surface area contributed by atoms with Crippen LogP contribution in [0.2, 0.25) is 0 Å². The Morgan fingerprint density at radius 3 is 2.52 bits per heavy atom. The Morgan fingerprint density at radius 1 is 1.06 bits per heavy atom. The van der Waals surface area contributed by atoms with Crippen molar-refractivity contribution in [1.29, 1.82) is 0 Å². The van der Waals surface area contributed by atoms with E-state index in [1.807, 2.05) is 12.1 Å². The molecule has 3 heterocycles. The van der Waals surface area contributed by atoms with Crippen molar-refractivity contribution in [3.63, 3.8) is 0 Å². The molecule has 2 unspecified atom stereocenters. The van der Waals surface area contributed by atoms with Crippen molar-refractivity contribution < 1.29 is 27.4 Å². The number of hydrogen-bond donors (Lipinski definition) is 1. The molecule has 1 N–H and O–H groups in total. The first-order chi connectivity index (χ1) is 14.8. The van der Waals surface area contributed by atoms with Gasteiger partial charge in [-0.25, -0.2) is 4.39 Å². The van der Waals surface area contributed by atoms with Crippen LogP contribution in [0.25, 0.3) is 0 Å². The molecule has 0 amide bonds. The van der Waals surface area contributed by atoms with Gasteiger partial charge in [0, 0.05) is 36.2 Å². The van der Waals surface area contributed by atoms with Crippen molar-refractivity contribution in [1.82, 2.24) is 4.90 Å². The topological polar surface area (TPSA) is 35.9 Å². The fraction of sp³-hybridized carbons (Fsp3) is 0.455. The number of rotatable bonds is 6. The molecule has 0 saturated carbocycles. The zero-order chi connectivity index (χ0) is 22.2. The predicted octanol–water partition coefficient (Wildman–Crippen LogP) is 4.83. The van der Waals surface area contributed by atoms with Gasteiger partial charge >= 0.3 is 6.18 Å². The Kier molecular flexibility index (Phi) is 6.46. The lowest BCUT2D eigenvalue weighted by Crippen LogP contribution is -2.63. The highest BCUT2D eigenvalue weighted by atomic mass is 79.9. The van der Waals surface area contributed by atoms with E-state index in [1.165, 1.54) is 6.07 Å². The number of aliphatic hydroxyl groups excluding tert-OH is 1. The fourth-order valence-electron chi connectivity index (χ4n) is 4.49. The summed E-state index contributed by atoms with van der Waals surface area (Å²) in [5, 5.41) is 9.30. The van der Waals surface area contributed by atoms with Gasteiger partial charge in [-0.3, -0.25) is 4.90 Å². The number of nitrogens with zero attached hydrogens (tertiary/aromatic N) is 2. The van der Waals surface area contributed by atoms with E-state index in [-0.39, 0.29) is 24.8 Å². The summed E-state index contributed by atoms with van der Waals surface area (Å²) in [5.74, 6) is -0.723. The van der Waals surface area contributed by atoms with Crippen LogP contribution < -0.4 is 9.64 Å². The van der Waals surface area contributed by atoms with Crippen LogP contribution in [0.1, 0.15) is 24.0 Å². The third-order valence-corrected chi connectivity index (χ3v) is 6.48. The number of piperazine rings is 1. The summed E-state index contributed by atoms with van der Waals surface area (Å²) in [6.45, 7) is 2.34. The zero-order valence-corrected chi connectivity index (χ0v) is 18.3. The van der Waals surface area contributed by atoms with Crippen molar-refractivity contribution in [2.75, 3.05) is 31.1 Å². The lowest BCUT2D eigenvalue weighted by molar-refractivity contribution is -0.140. The van der Waals surface area contributed by atoms with Crippen molar-refractivity contribution >= 4 is 21.6 Å². The molecule has 9 heteroatoms. The van der Waals surface area contributed by atoms with Crippen LogP contribution >= 0.6 is 15.9 Å². The molecule has 3 aliphatic heterocycles. The summed E-state index contributed by atoms with van der Waals surface area (Å²) >= 11 is 3.50. The second-order valence-electron chi connectivity index (χ2n) is 7.97. The van der Waals surface area contributed by atoms with E-state index in [0.29, 0.717) is 18.3 Å². The van der Waals surface area contributed by atoms with Gasteiger partial charge in [0.25, 0.3) is 0 Å². The Balaban J connectivity index is 1.54. The number of aliphatic hydroxyl groups is 1. The molecule has 5 rings (SSSR count). The Labute approximate surface area is 186 Å². The molecule has 0 aliphatic carbocycles. The number of benzene rings is 2. The summed E-state index contributed by atoms with van der Waals surface area (Å²) in [7, 11) is 0. The van der Waals surface area contributed by atoms with Crippen LogP contribution in [0.4, 0.5) is 23.2 Å². The van der Waals surface area contributed by atoms with Gasteiger partial charge in [-0.1, -0.05) is 22.0 Å². The molecule has 0 spiro atoms. The maximum absolute atomic E-state index is 13.6. The van der Waals surface area contributed by atoms with Crippen LogP contribution in [0, 0.1) is 5.82 Å². The molecule has 2 aromatic rings. The fourth-order valence-corrected chi connectivity index (χ4v) is 4.84. The molecule has 0 radical (unpaired) electrons. The normalized spacial score (nSPS) is 21.5. The number of alkyl halides is 3. The standard InChI is InChI=1S/C22H23BrF4N2O2/c23-15-2-6-21(31-13-14-1-5-19(24)18(9-14)22(25,26)27)20(10-15)29-12-16-3-4-17(29)11-28(16)7-8-30/h1-2,5-6,9-10,16-17,30H,3-4,7-8,11-13H2. The molecule has 0 aromatic heterocycles. The molecule has 2 bridgehead atoms. The van der Waals surface area contributed by atoms with Crippen LogP contribution in [0.3, 0.4) is 0 Å². The predicted molar refractivity (Wildman–Crippen MR) is 113 cm³/mol. The maximum atomic E-state index is 13.6. The van der Waals surface area contributed by atoms with Crippen molar-refractivity contribution in [2.24, 2.45) is 0 Å². The van der Waals surface area contributed by atoms with Gasteiger partial charge in [0.2, 0.25) is 0 Å². The first-order valence-corrected chi connectivity index (χ1v) is 10.9. The molecular weight excluding hydrogens is 480 g/mol. The molecule has 3 saturated heterocycles. The van der Waals surface area contributed by atoms with E-state index < -0.39 is 17.6 Å². The Hall–Kier alpha value is -1.84. The number of ether oxygens (including phenoxy) is 1. The van der Waals surface area contributed by atoms with E-state index in [2.05, 4.69) is 25.7 Å². The summed E-state index contributed by atoms with van der Waals surface area (Å²) in [6, 6.07) is 9.11. The Bertz CT molecular complexity index is 940. The molecule has 3 aliphatic rings. The molecule has 4 nitrogen and oxygen atoms in total. The molecule has 168 valence electrons. The lowest BCUT2D eigenvalue weighted by Gasteiger charge is -2.52. The third kappa shape index (κ3) is 4.83. The van der Waals surface area contributed by atoms with Gasteiger partial charge in [0.1, 0.15) is 18.2 Å². The number of piperidine rings is 2. The monoisotopic (exact) mass is 502 g/mol. The van der Waals surface area contributed by atoms with Crippen molar-refractivity contribution in [2.45, 2.75) is 37.7 Å². The highest BCUT2D eigenvalue weighted by Crippen LogP contribution is 2.39. The second kappa shape index (κ2) is 8.96. The smallest absolute Gasteiger partial charge is 0.419 e. The first kappa shape index (κ1) is 22.4. The second-order valence-corrected chi connectivity index (χ2v) is 8.88. The minimum absolute atomic E-state index is 0.101. The average Bonchev–Trinajstić information content (AvgIpc) is 2.73. The summed E-state index contributed by atoms with van der Waals surface area (Å²) in [6.07, 6.45) is -2.65.